The van der Waals surface area contributed by atoms with Crippen LogP contribution in [0.2, 0.25) is 0 Å². The summed E-state index contributed by atoms with van der Waals surface area (Å²) in [7, 11) is 0. The van der Waals surface area contributed by atoms with E-state index in [4.69, 9.17) is 18.9 Å². The van der Waals surface area contributed by atoms with Gasteiger partial charge in [0.25, 0.3) is 0 Å². The molecular formula is C29H36N2O6. The van der Waals surface area contributed by atoms with E-state index >= 15 is 0 Å². The number of amides is 2. The van der Waals surface area contributed by atoms with Crippen molar-refractivity contribution in [3.05, 3.63) is 65.2 Å². The zero-order chi connectivity index (χ0) is 26.1. The summed E-state index contributed by atoms with van der Waals surface area (Å²) in [4.78, 5) is 27.1. The van der Waals surface area contributed by atoms with Crippen molar-refractivity contribution in [2.24, 2.45) is 0 Å². The fourth-order valence-corrected chi connectivity index (χ4v) is 3.71. The zero-order valence-electron chi connectivity index (χ0n) is 21.5. The molecule has 0 saturated heterocycles. The highest BCUT2D eigenvalue weighted by Crippen LogP contribution is 2.25. The van der Waals surface area contributed by atoms with Crippen LogP contribution in [-0.2, 0) is 35.1 Å². The molecule has 1 aliphatic heterocycles. The lowest BCUT2D eigenvalue weighted by molar-refractivity contribution is -0.122. The minimum atomic E-state index is -0.152. The Morgan fingerprint density at radius 1 is 0.784 bits per heavy atom. The van der Waals surface area contributed by atoms with Gasteiger partial charge in [-0.05, 0) is 30.7 Å². The summed E-state index contributed by atoms with van der Waals surface area (Å²) in [5.41, 5.74) is 3.51. The Labute approximate surface area is 219 Å². The molecule has 2 aromatic rings. The molecule has 0 atom stereocenters. The first-order chi connectivity index (χ1) is 18.2. The van der Waals surface area contributed by atoms with Crippen LogP contribution >= 0.6 is 0 Å². The van der Waals surface area contributed by atoms with E-state index in [1.165, 1.54) is 0 Å². The van der Waals surface area contributed by atoms with Crippen LogP contribution in [0.25, 0.3) is 0 Å². The first kappa shape index (κ1) is 28.4. The molecule has 0 aromatic heterocycles. The van der Waals surface area contributed by atoms with Crippen LogP contribution in [0.15, 0.2) is 48.5 Å². The monoisotopic (exact) mass is 508 g/mol. The van der Waals surface area contributed by atoms with Gasteiger partial charge in [0.2, 0.25) is 11.8 Å². The smallest absolute Gasteiger partial charge is 0.229 e. The summed E-state index contributed by atoms with van der Waals surface area (Å²) in [6.45, 7) is 6.62. The number of benzene rings is 2. The minimum Gasteiger partial charge on any atom is -0.379 e. The number of rotatable bonds is 16. The number of nitrogens with one attached hydrogen (secondary N) is 1. The molecular weight excluding hydrogens is 472 g/mol. The van der Waals surface area contributed by atoms with E-state index in [1.54, 1.807) is 4.90 Å². The summed E-state index contributed by atoms with van der Waals surface area (Å²) in [6.07, 6.45) is 0.418. The predicted octanol–water partition coefficient (Wildman–Crippen LogP) is 2.92. The van der Waals surface area contributed by atoms with Crippen LogP contribution in [0, 0.1) is 11.8 Å². The molecule has 0 bridgehead atoms. The number of hydrogen-bond acceptors (Lipinski definition) is 6. The summed E-state index contributed by atoms with van der Waals surface area (Å²) >= 11 is 0. The lowest BCUT2D eigenvalue weighted by atomic mass is 10.0. The Balaban J connectivity index is 1.32. The third-order valence-corrected chi connectivity index (χ3v) is 5.63. The average Bonchev–Trinajstić information content (AvgIpc) is 2.90. The predicted molar refractivity (Wildman–Crippen MR) is 141 cm³/mol. The second-order valence-electron chi connectivity index (χ2n) is 8.29. The molecule has 2 amide bonds. The van der Waals surface area contributed by atoms with Crippen molar-refractivity contribution >= 4 is 17.5 Å². The average molecular weight is 509 g/mol. The normalized spacial score (nSPS) is 12.0. The van der Waals surface area contributed by atoms with Crippen molar-refractivity contribution in [2.45, 2.75) is 26.3 Å². The highest BCUT2D eigenvalue weighted by molar-refractivity contribution is 5.95. The van der Waals surface area contributed by atoms with Crippen LogP contribution in [0.5, 0.6) is 0 Å². The highest BCUT2D eigenvalue weighted by atomic mass is 16.6. The quantitative estimate of drug-likeness (QED) is 0.277. The first-order valence-corrected chi connectivity index (χ1v) is 12.8. The Kier molecular flexibility index (Phi) is 12.7. The van der Waals surface area contributed by atoms with Gasteiger partial charge in [-0.3, -0.25) is 9.59 Å². The van der Waals surface area contributed by atoms with Crippen molar-refractivity contribution in [3.63, 3.8) is 0 Å². The van der Waals surface area contributed by atoms with Gasteiger partial charge >= 0.3 is 0 Å². The molecule has 198 valence electrons. The number of ether oxygens (including phenoxy) is 4. The van der Waals surface area contributed by atoms with Gasteiger partial charge in [-0.15, -0.1) is 0 Å². The van der Waals surface area contributed by atoms with E-state index in [-0.39, 0.29) is 31.2 Å². The Hall–Kier alpha value is -3.22. The number of carbonyl (C=O) groups is 2. The van der Waals surface area contributed by atoms with E-state index in [1.807, 2.05) is 55.5 Å². The maximum atomic E-state index is 13.2. The van der Waals surface area contributed by atoms with Crippen molar-refractivity contribution in [1.29, 1.82) is 0 Å². The molecule has 0 unspecified atom stereocenters. The fourth-order valence-electron chi connectivity index (χ4n) is 3.71. The van der Waals surface area contributed by atoms with Gasteiger partial charge in [0.15, 0.2) is 0 Å². The van der Waals surface area contributed by atoms with Gasteiger partial charge < -0.3 is 29.2 Å². The van der Waals surface area contributed by atoms with Crippen LogP contribution in [0.4, 0.5) is 5.69 Å². The third kappa shape index (κ3) is 9.98. The second kappa shape index (κ2) is 16.5. The van der Waals surface area contributed by atoms with Crippen LogP contribution in [0.3, 0.4) is 0 Å². The van der Waals surface area contributed by atoms with E-state index in [2.05, 4.69) is 17.2 Å². The van der Waals surface area contributed by atoms with Gasteiger partial charge in [-0.2, -0.15) is 0 Å². The molecule has 0 aliphatic carbocycles. The third-order valence-electron chi connectivity index (χ3n) is 5.63. The molecule has 0 fully saturated rings. The van der Waals surface area contributed by atoms with Crippen LogP contribution in [-0.4, -0.2) is 71.2 Å². The Bertz CT molecular complexity index is 1060. The molecule has 0 spiro atoms. The van der Waals surface area contributed by atoms with E-state index < -0.39 is 0 Å². The van der Waals surface area contributed by atoms with Crippen molar-refractivity contribution in [3.8, 4) is 11.8 Å². The standard InChI is InChI=1S/C29H36N2O6/c1-2-34-17-18-36-21-22-37-20-19-35-16-14-28(32)30-15-13-29(33)31-23-26-9-4-3-7-24(26)11-12-25-8-5-6-10-27(25)31/h3-10H,2,13-23H2,1H3,(H,30,32). The Morgan fingerprint density at radius 2 is 1.38 bits per heavy atom. The number of hydrogen-bond donors (Lipinski definition) is 1. The van der Waals surface area contributed by atoms with Gasteiger partial charge in [0.1, 0.15) is 0 Å². The number of anilines is 1. The van der Waals surface area contributed by atoms with Crippen molar-refractivity contribution in [2.75, 3.05) is 64.3 Å². The maximum absolute atomic E-state index is 13.2. The fraction of sp³-hybridized carbons (Fsp3) is 0.448. The van der Waals surface area contributed by atoms with Crippen molar-refractivity contribution < 1.29 is 28.5 Å². The van der Waals surface area contributed by atoms with E-state index in [0.29, 0.717) is 59.4 Å². The molecule has 1 heterocycles. The molecule has 0 radical (unpaired) electrons. The van der Waals surface area contributed by atoms with E-state index in [0.717, 1.165) is 22.4 Å². The van der Waals surface area contributed by atoms with Crippen LogP contribution < -0.4 is 10.2 Å². The summed E-state index contributed by atoms with van der Waals surface area (Å²) in [5, 5.41) is 2.81. The van der Waals surface area contributed by atoms with E-state index in [9.17, 15) is 9.59 Å². The topological polar surface area (TPSA) is 86.3 Å². The minimum absolute atomic E-state index is 0.0680. The van der Waals surface area contributed by atoms with Gasteiger partial charge in [-0.1, -0.05) is 42.2 Å². The molecule has 37 heavy (non-hydrogen) atoms. The zero-order valence-corrected chi connectivity index (χ0v) is 21.5. The number of para-hydroxylation sites is 1. The highest BCUT2D eigenvalue weighted by Gasteiger charge is 2.21. The van der Waals surface area contributed by atoms with Gasteiger partial charge in [-0.25, -0.2) is 0 Å². The summed E-state index contributed by atoms with van der Waals surface area (Å²) in [5.74, 6) is 6.18. The van der Waals surface area contributed by atoms with Crippen LogP contribution in [0.1, 0.15) is 36.5 Å². The number of nitrogens with zero attached hydrogens (tertiary/aromatic N) is 1. The van der Waals surface area contributed by atoms with Gasteiger partial charge in [0.05, 0.1) is 58.5 Å². The second-order valence-corrected chi connectivity index (χ2v) is 8.29. The number of carbonyl (C=O) groups excluding carboxylic acids is 2. The lowest BCUT2D eigenvalue weighted by Gasteiger charge is -2.26. The lowest BCUT2D eigenvalue weighted by Crippen LogP contribution is -2.35. The maximum Gasteiger partial charge on any atom is 0.229 e. The molecule has 1 N–H and O–H groups in total. The first-order valence-electron chi connectivity index (χ1n) is 12.8. The summed E-state index contributed by atoms with van der Waals surface area (Å²) < 4.78 is 21.4. The largest absolute Gasteiger partial charge is 0.379 e. The molecule has 2 aromatic carbocycles. The molecule has 0 saturated carbocycles. The van der Waals surface area contributed by atoms with Gasteiger partial charge in [0, 0.05) is 37.1 Å². The SMILES string of the molecule is CCOCCOCCOCCOCCC(=O)NCCC(=O)N1Cc2ccccc2C#Cc2ccccc21. The molecule has 1 aliphatic rings. The Morgan fingerprint density at radius 3 is 2.11 bits per heavy atom. The number of fused-ring (bicyclic) bond motifs is 2. The molecule has 8 heteroatoms. The molecule has 3 rings (SSSR count). The summed E-state index contributed by atoms with van der Waals surface area (Å²) in [6, 6.07) is 15.5. The molecule has 8 nitrogen and oxygen atoms in total. The van der Waals surface area contributed by atoms with Crippen molar-refractivity contribution in [1.82, 2.24) is 5.32 Å².